The number of hydrogen-bond acceptors (Lipinski definition) is 3. The molecule has 2 aromatic carbocycles. The maximum atomic E-state index is 13.3. The lowest BCUT2D eigenvalue weighted by Crippen LogP contribution is -2.09. The summed E-state index contributed by atoms with van der Waals surface area (Å²) in [6, 6.07) is 6.15. The van der Waals surface area contributed by atoms with E-state index in [1.165, 1.54) is 24.3 Å². The van der Waals surface area contributed by atoms with Crippen LogP contribution in [0.1, 0.15) is 10.4 Å². The van der Waals surface area contributed by atoms with Gasteiger partial charge in [-0.05, 0) is 46.3 Å². The average Bonchev–Trinajstić information content (AvgIpc) is 2.38. The van der Waals surface area contributed by atoms with Gasteiger partial charge in [-0.2, -0.15) is 0 Å². The van der Waals surface area contributed by atoms with Gasteiger partial charge in [0.25, 0.3) is 0 Å². The minimum absolute atomic E-state index is 0.0719. The lowest BCUT2D eigenvalue weighted by Gasteiger charge is -2.13. The zero-order valence-corrected chi connectivity index (χ0v) is 11.5. The molecule has 4 N–H and O–H groups in total. The van der Waals surface area contributed by atoms with Crippen LogP contribution in [0.5, 0.6) is 0 Å². The van der Waals surface area contributed by atoms with Crippen molar-refractivity contribution in [2.24, 2.45) is 0 Å². The zero-order valence-electron chi connectivity index (χ0n) is 9.95. The van der Waals surface area contributed by atoms with Crippen LogP contribution < -0.4 is 11.1 Å². The smallest absolute Gasteiger partial charge is 0.340 e. The van der Waals surface area contributed by atoms with Gasteiger partial charge in [-0.1, -0.05) is 0 Å². The SMILES string of the molecule is Nc1c(F)ccc(Nc2cc(F)ccc2Br)c1C(=O)O. The lowest BCUT2D eigenvalue weighted by atomic mass is 10.1. The molecule has 0 aliphatic carbocycles. The summed E-state index contributed by atoms with van der Waals surface area (Å²) >= 11 is 3.20. The van der Waals surface area contributed by atoms with E-state index >= 15 is 0 Å². The van der Waals surface area contributed by atoms with Crippen molar-refractivity contribution in [3.8, 4) is 0 Å². The van der Waals surface area contributed by atoms with E-state index in [4.69, 9.17) is 10.8 Å². The number of nitrogens with two attached hydrogens (primary N) is 1. The van der Waals surface area contributed by atoms with Gasteiger partial charge in [0.1, 0.15) is 17.2 Å². The van der Waals surface area contributed by atoms with Crippen molar-refractivity contribution in [3.05, 3.63) is 52.0 Å². The van der Waals surface area contributed by atoms with Gasteiger partial charge in [-0.25, -0.2) is 13.6 Å². The number of benzene rings is 2. The van der Waals surface area contributed by atoms with E-state index < -0.39 is 28.9 Å². The molecule has 0 atom stereocenters. The topological polar surface area (TPSA) is 75.3 Å². The van der Waals surface area contributed by atoms with Crippen LogP contribution >= 0.6 is 15.9 Å². The highest BCUT2D eigenvalue weighted by Crippen LogP contribution is 2.31. The van der Waals surface area contributed by atoms with E-state index in [-0.39, 0.29) is 5.69 Å². The summed E-state index contributed by atoms with van der Waals surface area (Å²) in [5.41, 5.74) is 4.92. The Morgan fingerprint density at radius 1 is 1.20 bits per heavy atom. The van der Waals surface area contributed by atoms with Crippen LogP contribution in [-0.4, -0.2) is 11.1 Å². The monoisotopic (exact) mass is 342 g/mol. The van der Waals surface area contributed by atoms with Crippen molar-refractivity contribution in [2.75, 3.05) is 11.1 Å². The Kier molecular flexibility index (Phi) is 3.89. The minimum Gasteiger partial charge on any atom is -0.478 e. The predicted octanol–water partition coefficient (Wildman–Crippen LogP) is 3.75. The van der Waals surface area contributed by atoms with Crippen molar-refractivity contribution in [2.45, 2.75) is 0 Å². The number of anilines is 3. The van der Waals surface area contributed by atoms with Gasteiger partial charge < -0.3 is 16.2 Å². The maximum Gasteiger partial charge on any atom is 0.340 e. The second kappa shape index (κ2) is 5.46. The first-order valence-corrected chi connectivity index (χ1v) is 6.23. The highest BCUT2D eigenvalue weighted by atomic mass is 79.9. The van der Waals surface area contributed by atoms with E-state index in [1.54, 1.807) is 0 Å². The molecular formula is C13H9BrF2N2O2. The molecule has 2 rings (SSSR count). The number of carbonyl (C=O) groups is 1. The van der Waals surface area contributed by atoms with Crippen molar-refractivity contribution >= 4 is 39.0 Å². The lowest BCUT2D eigenvalue weighted by molar-refractivity contribution is 0.0698. The van der Waals surface area contributed by atoms with E-state index in [1.807, 2.05) is 0 Å². The van der Waals surface area contributed by atoms with Gasteiger partial charge in [0.15, 0.2) is 0 Å². The summed E-state index contributed by atoms with van der Waals surface area (Å²) in [6.45, 7) is 0. The maximum absolute atomic E-state index is 13.3. The average molecular weight is 343 g/mol. The van der Waals surface area contributed by atoms with Gasteiger partial charge in [0, 0.05) is 4.47 Å². The van der Waals surface area contributed by atoms with E-state index in [2.05, 4.69) is 21.2 Å². The van der Waals surface area contributed by atoms with Gasteiger partial charge >= 0.3 is 5.97 Å². The summed E-state index contributed by atoms with van der Waals surface area (Å²) in [6.07, 6.45) is 0. The Labute approximate surface area is 121 Å². The molecule has 0 bridgehead atoms. The predicted molar refractivity (Wildman–Crippen MR) is 75.2 cm³/mol. The normalized spacial score (nSPS) is 10.3. The highest BCUT2D eigenvalue weighted by Gasteiger charge is 2.18. The van der Waals surface area contributed by atoms with Crippen molar-refractivity contribution in [1.29, 1.82) is 0 Å². The fraction of sp³-hybridized carbons (Fsp3) is 0. The molecule has 0 aliphatic heterocycles. The quantitative estimate of drug-likeness (QED) is 0.742. The second-order valence-electron chi connectivity index (χ2n) is 3.94. The van der Waals surface area contributed by atoms with Crippen LogP contribution in [0.25, 0.3) is 0 Å². The molecule has 0 heterocycles. The summed E-state index contributed by atoms with van der Waals surface area (Å²) in [5, 5.41) is 11.8. The third-order valence-electron chi connectivity index (χ3n) is 2.60. The molecule has 7 heteroatoms. The molecule has 0 saturated carbocycles. The molecule has 20 heavy (non-hydrogen) atoms. The molecular weight excluding hydrogens is 334 g/mol. The third kappa shape index (κ3) is 2.72. The molecule has 0 unspecified atom stereocenters. The van der Waals surface area contributed by atoms with Crippen LogP contribution in [0.4, 0.5) is 25.8 Å². The molecule has 104 valence electrons. The highest BCUT2D eigenvalue weighted by molar-refractivity contribution is 9.10. The largest absolute Gasteiger partial charge is 0.478 e. The van der Waals surface area contributed by atoms with Crippen LogP contribution in [0.15, 0.2) is 34.8 Å². The molecule has 0 radical (unpaired) electrons. The molecule has 0 spiro atoms. The Bertz CT molecular complexity index is 692. The Morgan fingerprint density at radius 2 is 1.90 bits per heavy atom. The third-order valence-corrected chi connectivity index (χ3v) is 3.30. The van der Waals surface area contributed by atoms with E-state index in [9.17, 15) is 13.6 Å². The van der Waals surface area contributed by atoms with Crippen molar-refractivity contribution in [3.63, 3.8) is 0 Å². The number of rotatable bonds is 3. The summed E-state index contributed by atoms with van der Waals surface area (Å²) < 4.78 is 27.0. The van der Waals surface area contributed by atoms with E-state index in [0.717, 1.165) is 6.07 Å². The fourth-order valence-electron chi connectivity index (χ4n) is 1.67. The molecule has 0 aromatic heterocycles. The molecule has 0 amide bonds. The number of halogens is 3. The number of carboxylic acids is 1. The van der Waals surface area contributed by atoms with Crippen molar-refractivity contribution in [1.82, 2.24) is 0 Å². The number of carboxylic acid groups (broad SMARTS) is 1. The number of aromatic carboxylic acids is 1. The van der Waals surface area contributed by atoms with E-state index in [0.29, 0.717) is 10.2 Å². The Hall–Kier alpha value is -2.15. The van der Waals surface area contributed by atoms with Gasteiger partial charge in [0.2, 0.25) is 0 Å². The molecule has 2 aromatic rings. The Balaban J connectivity index is 2.51. The number of hydrogen-bond donors (Lipinski definition) is 3. The second-order valence-corrected chi connectivity index (χ2v) is 4.79. The van der Waals surface area contributed by atoms with Crippen LogP contribution in [0.3, 0.4) is 0 Å². The summed E-state index contributed by atoms with van der Waals surface area (Å²) in [4.78, 5) is 11.2. The minimum atomic E-state index is -1.38. The van der Waals surface area contributed by atoms with Gasteiger partial charge in [0.05, 0.1) is 17.1 Å². The first-order chi connectivity index (χ1) is 9.40. The van der Waals surface area contributed by atoms with Crippen LogP contribution in [-0.2, 0) is 0 Å². The van der Waals surface area contributed by atoms with Gasteiger partial charge in [-0.3, -0.25) is 0 Å². The molecule has 0 aliphatic rings. The fourth-order valence-corrected chi connectivity index (χ4v) is 2.01. The molecule has 4 nitrogen and oxygen atoms in total. The standard InChI is InChI=1S/C13H9BrF2N2O2/c14-7-2-1-6(15)5-10(7)18-9-4-3-8(16)12(17)11(9)13(19)20/h1-5,18H,17H2,(H,19,20). The molecule has 0 saturated heterocycles. The van der Waals surface area contributed by atoms with Crippen molar-refractivity contribution < 1.29 is 18.7 Å². The summed E-state index contributed by atoms with van der Waals surface area (Å²) in [5.74, 6) is -2.70. The summed E-state index contributed by atoms with van der Waals surface area (Å²) in [7, 11) is 0. The molecule has 0 fully saturated rings. The van der Waals surface area contributed by atoms with Crippen LogP contribution in [0.2, 0.25) is 0 Å². The first-order valence-electron chi connectivity index (χ1n) is 5.43. The first kappa shape index (κ1) is 14.3. The Morgan fingerprint density at radius 3 is 2.55 bits per heavy atom. The van der Waals surface area contributed by atoms with Crippen LogP contribution in [0, 0.1) is 11.6 Å². The van der Waals surface area contributed by atoms with Gasteiger partial charge in [-0.15, -0.1) is 0 Å². The zero-order chi connectivity index (χ0) is 14.9. The number of nitrogens with one attached hydrogen (secondary N) is 1. The number of nitrogen functional groups attached to an aromatic ring is 1.